The lowest BCUT2D eigenvalue weighted by Crippen LogP contribution is -1.94. The largest absolute Gasteiger partial charge is 0.349 e. The lowest BCUT2D eigenvalue weighted by Gasteiger charge is -1.84. The Morgan fingerprint density at radius 2 is 2.29 bits per heavy atom. The van der Waals surface area contributed by atoms with E-state index in [2.05, 4.69) is 29.9 Å². The van der Waals surface area contributed by atoms with E-state index in [9.17, 15) is 0 Å². The van der Waals surface area contributed by atoms with Crippen molar-refractivity contribution in [3.8, 4) is 12.0 Å². The fourth-order valence-corrected chi connectivity index (χ4v) is 0.241. The van der Waals surface area contributed by atoms with Gasteiger partial charge in [-0.15, -0.1) is 0 Å². The third-order valence-electron chi connectivity index (χ3n) is 0.406. The van der Waals surface area contributed by atoms with E-state index in [-0.39, 0.29) is 5.25 Å². The second-order valence-electron chi connectivity index (χ2n) is 1.20. The predicted molar refractivity (Wildman–Crippen MR) is 35.3 cm³/mol. The highest BCUT2D eigenvalue weighted by molar-refractivity contribution is 7.81. The Hall–Kier alpha value is -0.290. The molecule has 0 bridgehead atoms. The topological polar surface area (TPSA) is 12.0 Å². The Kier molecular flexibility index (Phi) is 3.72. The minimum Gasteiger partial charge on any atom is -0.349 e. The van der Waals surface area contributed by atoms with Crippen molar-refractivity contribution in [2.75, 3.05) is 7.05 Å². The van der Waals surface area contributed by atoms with E-state index in [0.717, 1.165) is 0 Å². The summed E-state index contributed by atoms with van der Waals surface area (Å²) >= 11 is 4.02. The van der Waals surface area contributed by atoms with Gasteiger partial charge in [-0.3, -0.25) is 0 Å². The fourth-order valence-electron chi connectivity index (χ4n) is 0.177. The summed E-state index contributed by atoms with van der Waals surface area (Å²) in [5.74, 6) is 2.80. The smallest absolute Gasteiger partial charge is 0.0617 e. The molecule has 0 fully saturated rings. The highest BCUT2D eigenvalue weighted by Crippen LogP contribution is 1.85. The average molecular weight is 115 g/mol. The molecule has 0 aromatic rings. The molecule has 0 saturated heterocycles. The molecular formula is C5H9NS. The molecule has 2 heteroatoms. The van der Waals surface area contributed by atoms with Gasteiger partial charge in [0.15, 0.2) is 0 Å². The molecule has 0 rings (SSSR count). The minimum absolute atomic E-state index is 0.174. The van der Waals surface area contributed by atoms with Crippen molar-refractivity contribution in [1.29, 1.82) is 0 Å². The molecule has 40 valence electrons. The minimum atomic E-state index is 0.174. The fraction of sp³-hybridized carbons (Fsp3) is 0.600. The first-order chi connectivity index (χ1) is 3.27. The van der Waals surface area contributed by atoms with Crippen molar-refractivity contribution in [3.63, 3.8) is 0 Å². The third-order valence-corrected chi connectivity index (χ3v) is 0.535. The second-order valence-corrected chi connectivity index (χ2v) is 1.97. The zero-order valence-electron chi connectivity index (χ0n) is 4.52. The molecule has 0 aromatic heterocycles. The first-order valence-corrected chi connectivity index (χ1v) is 2.64. The molecule has 1 N–H and O–H groups in total. The van der Waals surface area contributed by atoms with Crippen molar-refractivity contribution >= 4 is 12.6 Å². The van der Waals surface area contributed by atoms with Gasteiger partial charge in [0.1, 0.15) is 0 Å². The van der Waals surface area contributed by atoms with Crippen LogP contribution >= 0.6 is 12.6 Å². The van der Waals surface area contributed by atoms with Gasteiger partial charge in [-0.2, -0.15) is 12.6 Å². The maximum Gasteiger partial charge on any atom is 0.0617 e. The van der Waals surface area contributed by atoms with Gasteiger partial charge < -0.3 is 5.32 Å². The highest BCUT2D eigenvalue weighted by Gasteiger charge is 1.78. The number of hydrogen-bond donors (Lipinski definition) is 2. The summed E-state index contributed by atoms with van der Waals surface area (Å²) in [6.07, 6.45) is 0. The molecule has 1 atom stereocenters. The van der Waals surface area contributed by atoms with Crippen LogP contribution in [0.2, 0.25) is 0 Å². The number of nitrogens with one attached hydrogen (secondary N) is 1. The summed E-state index contributed by atoms with van der Waals surface area (Å²) in [5.41, 5.74) is 0. The number of hydrogen-bond acceptors (Lipinski definition) is 2. The monoisotopic (exact) mass is 115 g/mol. The first kappa shape index (κ1) is 6.71. The number of rotatable bonds is 0. The molecule has 0 aliphatic heterocycles. The Morgan fingerprint density at radius 3 is 2.43 bits per heavy atom. The van der Waals surface area contributed by atoms with Gasteiger partial charge in [-0.1, -0.05) is 5.92 Å². The molecule has 1 unspecified atom stereocenters. The van der Waals surface area contributed by atoms with Gasteiger partial charge in [-0.05, 0) is 6.92 Å². The van der Waals surface area contributed by atoms with E-state index in [0.29, 0.717) is 0 Å². The van der Waals surface area contributed by atoms with Crippen LogP contribution in [0, 0.1) is 12.0 Å². The summed E-state index contributed by atoms with van der Waals surface area (Å²) in [5, 5.41) is 2.86. The number of thiol groups is 1. The zero-order chi connectivity index (χ0) is 5.70. The lowest BCUT2D eigenvalue weighted by molar-refractivity contribution is 1.15. The van der Waals surface area contributed by atoms with Crippen LogP contribution in [0.15, 0.2) is 0 Å². The Balaban J connectivity index is 3.24. The maximum atomic E-state index is 4.02. The van der Waals surface area contributed by atoms with Crippen LogP contribution in [0.25, 0.3) is 0 Å². The van der Waals surface area contributed by atoms with E-state index in [1.807, 2.05) is 6.92 Å². The third kappa shape index (κ3) is 5.71. The molecular weight excluding hydrogens is 106 g/mol. The summed E-state index contributed by atoms with van der Waals surface area (Å²) in [4.78, 5) is 0. The molecule has 0 spiro atoms. The normalized spacial score (nSPS) is 11.3. The van der Waals surface area contributed by atoms with Crippen LogP contribution in [0.3, 0.4) is 0 Å². The van der Waals surface area contributed by atoms with Gasteiger partial charge in [0.2, 0.25) is 0 Å². The first-order valence-electron chi connectivity index (χ1n) is 2.12. The van der Waals surface area contributed by atoms with Crippen molar-refractivity contribution in [3.05, 3.63) is 0 Å². The summed E-state index contributed by atoms with van der Waals surface area (Å²) in [6, 6.07) is 2.67. The van der Waals surface area contributed by atoms with E-state index in [1.165, 1.54) is 0 Å². The van der Waals surface area contributed by atoms with E-state index >= 15 is 0 Å². The van der Waals surface area contributed by atoms with Gasteiger partial charge in [0.05, 0.1) is 5.25 Å². The predicted octanol–water partition coefficient (Wildman–Crippen LogP) is 0.485. The summed E-state index contributed by atoms with van der Waals surface area (Å²) in [7, 11) is 1.78. The molecule has 0 aliphatic carbocycles. The summed E-state index contributed by atoms with van der Waals surface area (Å²) in [6.45, 7) is 1.92. The molecule has 0 heterocycles. The van der Waals surface area contributed by atoms with Crippen LogP contribution < -0.4 is 5.32 Å². The molecule has 0 aromatic carbocycles. The van der Waals surface area contributed by atoms with Crippen LogP contribution in [-0.4, -0.2) is 12.3 Å². The van der Waals surface area contributed by atoms with Crippen molar-refractivity contribution < 1.29 is 0 Å². The SMILES string of the molecule is CNC#CC(C)S. The Bertz CT molecular complexity index is 88.0. The van der Waals surface area contributed by atoms with Gasteiger partial charge in [0.25, 0.3) is 0 Å². The quantitative estimate of drug-likeness (QED) is 0.266. The molecule has 0 amide bonds. The molecule has 7 heavy (non-hydrogen) atoms. The van der Waals surface area contributed by atoms with Crippen molar-refractivity contribution in [1.82, 2.24) is 5.32 Å². The van der Waals surface area contributed by atoms with E-state index in [1.54, 1.807) is 7.05 Å². The second kappa shape index (κ2) is 3.89. The van der Waals surface area contributed by atoms with Crippen molar-refractivity contribution in [2.24, 2.45) is 0 Å². The highest BCUT2D eigenvalue weighted by atomic mass is 32.1. The van der Waals surface area contributed by atoms with Gasteiger partial charge in [-0.25, -0.2) is 0 Å². The molecule has 0 saturated carbocycles. The lowest BCUT2D eigenvalue weighted by atomic mass is 10.5. The van der Waals surface area contributed by atoms with Gasteiger partial charge >= 0.3 is 0 Å². The van der Waals surface area contributed by atoms with Crippen LogP contribution in [0.5, 0.6) is 0 Å². The van der Waals surface area contributed by atoms with E-state index in [4.69, 9.17) is 0 Å². The van der Waals surface area contributed by atoms with Crippen LogP contribution in [0.1, 0.15) is 6.92 Å². The van der Waals surface area contributed by atoms with Crippen LogP contribution in [0.4, 0.5) is 0 Å². The Labute approximate surface area is 49.9 Å². The molecule has 0 aliphatic rings. The molecule has 1 nitrogen and oxygen atoms in total. The van der Waals surface area contributed by atoms with E-state index < -0.39 is 0 Å². The zero-order valence-corrected chi connectivity index (χ0v) is 5.42. The standard InChI is InChI=1S/C5H9NS/c1-5(7)3-4-6-2/h5-7H,1-2H3. The average Bonchev–Trinajstić information content (AvgIpc) is 1.61. The summed E-state index contributed by atoms with van der Waals surface area (Å²) < 4.78 is 0. The van der Waals surface area contributed by atoms with Crippen molar-refractivity contribution in [2.45, 2.75) is 12.2 Å². The van der Waals surface area contributed by atoms with Gasteiger partial charge in [0, 0.05) is 13.1 Å². The Morgan fingerprint density at radius 1 is 1.71 bits per heavy atom. The van der Waals surface area contributed by atoms with Crippen LogP contribution in [-0.2, 0) is 0 Å². The maximum absolute atomic E-state index is 4.02. The molecule has 0 radical (unpaired) electrons.